The Balaban J connectivity index is 1.59. The van der Waals surface area contributed by atoms with E-state index in [1.807, 2.05) is 23.1 Å². The second-order valence-electron chi connectivity index (χ2n) is 7.34. The molecule has 3 rings (SSSR count). The maximum atomic E-state index is 13.4. The van der Waals surface area contributed by atoms with Gasteiger partial charge in [-0.15, -0.1) is 0 Å². The highest BCUT2D eigenvalue weighted by Gasteiger charge is 2.27. The van der Waals surface area contributed by atoms with E-state index in [-0.39, 0.29) is 18.4 Å². The zero-order chi connectivity index (χ0) is 19.2. The maximum Gasteiger partial charge on any atom is 0.224 e. The van der Waals surface area contributed by atoms with E-state index in [0.29, 0.717) is 12.0 Å². The molecule has 0 radical (unpaired) electrons. The van der Waals surface area contributed by atoms with Gasteiger partial charge in [0, 0.05) is 25.0 Å². The van der Waals surface area contributed by atoms with Gasteiger partial charge in [0.1, 0.15) is 0 Å². The number of likely N-dealkylation sites (tertiary alicyclic amines) is 1. The van der Waals surface area contributed by atoms with Crippen LogP contribution in [-0.2, 0) is 17.6 Å². The van der Waals surface area contributed by atoms with Gasteiger partial charge < -0.3 is 10.6 Å². The van der Waals surface area contributed by atoms with Crippen molar-refractivity contribution in [2.75, 3.05) is 6.54 Å². The number of rotatable bonds is 6. The zero-order valence-electron chi connectivity index (χ0n) is 15.4. The molecule has 5 heteroatoms. The molecule has 0 bridgehead atoms. The fourth-order valence-corrected chi connectivity index (χ4v) is 3.81. The van der Waals surface area contributed by atoms with Crippen molar-refractivity contribution in [1.82, 2.24) is 4.90 Å². The van der Waals surface area contributed by atoms with Crippen molar-refractivity contribution in [3.05, 3.63) is 71.3 Å². The Labute approximate surface area is 159 Å². The summed E-state index contributed by atoms with van der Waals surface area (Å²) in [7, 11) is 0. The van der Waals surface area contributed by atoms with Crippen LogP contribution in [0.1, 0.15) is 36.8 Å². The summed E-state index contributed by atoms with van der Waals surface area (Å²) >= 11 is 0. The molecule has 2 aromatic rings. The lowest BCUT2D eigenvalue weighted by atomic mass is 9.94. The smallest absolute Gasteiger partial charge is 0.224 e. The Morgan fingerprint density at radius 1 is 1.07 bits per heavy atom. The molecule has 3 nitrogen and oxygen atoms in total. The van der Waals surface area contributed by atoms with Crippen molar-refractivity contribution >= 4 is 5.91 Å². The molecule has 1 amide bonds. The van der Waals surface area contributed by atoms with Crippen LogP contribution in [0.3, 0.4) is 0 Å². The zero-order valence-corrected chi connectivity index (χ0v) is 15.4. The molecule has 1 saturated heterocycles. The maximum absolute atomic E-state index is 13.4. The van der Waals surface area contributed by atoms with Crippen LogP contribution in [0.4, 0.5) is 8.78 Å². The van der Waals surface area contributed by atoms with Gasteiger partial charge in [0.15, 0.2) is 11.6 Å². The summed E-state index contributed by atoms with van der Waals surface area (Å²) < 4.78 is 26.4. The van der Waals surface area contributed by atoms with Crippen LogP contribution in [0.15, 0.2) is 48.5 Å². The molecule has 1 unspecified atom stereocenters. The molecule has 0 saturated carbocycles. The number of carbonyl (C=O) groups is 1. The quantitative estimate of drug-likeness (QED) is 0.837. The van der Waals surface area contributed by atoms with E-state index in [1.165, 1.54) is 11.6 Å². The highest BCUT2D eigenvalue weighted by atomic mass is 19.2. The lowest BCUT2D eigenvalue weighted by Gasteiger charge is -2.36. The van der Waals surface area contributed by atoms with E-state index in [9.17, 15) is 13.6 Å². The Kier molecular flexibility index (Phi) is 6.56. The standard InChI is InChI=1S/C22H26F2N2O/c23-20-10-9-17(14-21(20)24)12-18(25)15-22(27)26-11-5-4-8-19(26)13-16-6-2-1-3-7-16/h1-3,6-7,9-10,14,18-19H,4-5,8,11-13,15,25H2/t18-,19?/m1/s1. The SMILES string of the molecule is N[C@@H](CC(=O)N1CCCCC1Cc1ccccc1)Cc1ccc(F)c(F)c1. The van der Waals surface area contributed by atoms with Crippen molar-refractivity contribution in [3.8, 4) is 0 Å². The van der Waals surface area contributed by atoms with Crippen LogP contribution in [0.5, 0.6) is 0 Å². The van der Waals surface area contributed by atoms with Gasteiger partial charge in [-0.25, -0.2) is 8.78 Å². The predicted molar refractivity (Wildman–Crippen MR) is 102 cm³/mol. The summed E-state index contributed by atoms with van der Waals surface area (Å²) in [6.45, 7) is 0.758. The van der Waals surface area contributed by atoms with Crippen LogP contribution >= 0.6 is 0 Å². The molecular formula is C22H26F2N2O. The van der Waals surface area contributed by atoms with Crippen molar-refractivity contribution in [2.24, 2.45) is 5.73 Å². The molecule has 0 spiro atoms. The number of amides is 1. The summed E-state index contributed by atoms with van der Waals surface area (Å²) in [5.74, 6) is -1.71. The van der Waals surface area contributed by atoms with Crippen molar-refractivity contribution in [1.29, 1.82) is 0 Å². The molecule has 1 aliphatic heterocycles. The molecule has 0 aromatic heterocycles. The highest BCUT2D eigenvalue weighted by Crippen LogP contribution is 2.22. The topological polar surface area (TPSA) is 46.3 Å². The second kappa shape index (κ2) is 9.09. The molecular weight excluding hydrogens is 346 g/mol. The van der Waals surface area contributed by atoms with E-state index in [4.69, 9.17) is 5.73 Å². The van der Waals surface area contributed by atoms with Gasteiger partial charge in [-0.2, -0.15) is 0 Å². The normalized spacial score (nSPS) is 18.3. The van der Waals surface area contributed by atoms with Crippen molar-refractivity contribution in [2.45, 2.75) is 50.6 Å². The number of nitrogens with zero attached hydrogens (tertiary/aromatic N) is 1. The Bertz CT molecular complexity index is 766. The van der Waals surface area contributed by atoms with Gasteiger partial charge in [0.05, 0.1) is 0 Å². The molecule has 2 atom stereocenters. The van der Waals surface area contributed by atoms with E-state index in [1.54, 1.807) is 0 Å². The molecule has 1 heterocycles. The summed E-state index contributed by atoms with van der Waals surface area (Å²) in [4.78, 5) is 14.8. The molecule has 27 heavy (non-hydrogen) atoms. The van der Waals surface area contributed by atoms with Gasteiger partial charge in [0.25, 0.3) is 0 Å². The average molecular weight is 372 g/mol. The van der Waals surface area contributed by atoms with E-state index < -0.39 is 17.7 Å². The third-order valence-corrected chi connectivity index (χ3v) is 5.18. The van der Waals surface area contributed by atoms with Gasteiger partial charge in [-0.3, -0.25) is 4.79 Å². The van der Waals surface area contributed by atoms with Gasteiger partial charge >= 0.3 is 0 Å². The summed E-state index contributed by atoms with van der Waals surface area (Å²) in [5.41, 5.74) is 7.97. The average Bonchev–Trinajstić information content (AvgIpc) is 2.66. The summed E-state index contributed by atoms with van der Waals surface area (Å²) in [5, 5.41) is 0. The van der Waals surface area contributed by atoms with Crippen LogP contribution in [0.25, 0.3) is 0 Å². The van der Waals surface area contributed by atoms with Crippen LogP contribution in [-0.4, -0.2) is 29.4 Å². The van der Waals surface area contributed by atoms with Crippen LogP contribution in [0.2, 0.25) is 0 Å². The van der Waals surface area contributed by atoms with Gasteiger partial charge in [0.2, 0.25) is 5.91 Å². The number of benzene rings is 2. The first-order valence-corrected chi connectivity index (χ1v) is 9.56. The Hall–Kier alpha value is -2.27. The van der Waals surface area contributed by atoms with Crippen LogP contribution < -0.4 is 5.73 Å². The fourth-order valence-electron chi connectivity index (χ4n) is 3.81. The number of carbonyl (C=O) groups excluding carboxylic acids is 1. The monoisotopic (exact) mass is 372 g/mol. The minimum Gasteiger partial charge on any atom is -0.339 e. The minimum atomic E-state index is -0.884. The fraction of sp³-hybridized carbons (Fsp3) is 0.409. The summed E-state index contributed by atoms with van der Waals surface area (Å²) in [6.07, 6.45) is 4.55. The number of piperidine rings is 1. The largest absolute Gasteiger partial charge is 0.339 e. The molecule has 144 valence electrons. The Morgan fingerprint density at radius 3 is 2.59 bits per heavy atom. The number of hydrogen-bond acceptors (Lipinski definition) is 2. The number of hydrogen-bond donors (Lipinski definition) is 1. The molecule has 0 aliphatic carbocycles. The predicted octanol–water partition coefficient (Wildman–Crippen LogP) is 3.85. The summed E-state index contributed by atoms with van der Waals surface area (Å²) in [6, 6.07) is 13.7. The number of halogens is 2. The lowest BCUT2D eigenvalue weighted by molar-refractivity contribution is -0.135. The lowest BCUT2D eigenvalue weighted by Crippen LogP contribution is -2.46. The Morgan fingerprint density at radius 2 is 1.85 bits per heavy atom. The first-order valence-electron chi connectivity index (χ1n) is 9.56. The van der Waals surface area contributed by atoms with E-state index >= 15 is 0 Å². The number of nitrogens with two attached hydrogens (primary N) is 1. The van der Waals surface area contributed by atoms with Gasteiger partial charge in [-0.05, 0) is 55.4 Å². The third kappa shape index (κ3) is 5.36. The molecule has 2 N–H and O–H groups in total. The first kappa shape index (κ1) is 19.5. The van der Waals surface area contributed by atoms with Gasteiger partial charge in [-0.1, -0.05) is 36.4 Å². The van der Waals surface area contributed by atoms with Crippen LogP contribution in [0, 0.1) is 11.6 Å². The third-order valence-electron chi connectivity index (χ3n) is 5.18. The minimum absolute atomic E-state index is 0.0470. The molecule has 1 fully saturated rings. The van der Waals surface area contributed by atoms with E-state index in [0.717, 1.165) is 44.4 Å². The highest BCUT2D eigenvalue weighted by molar-refractivity contribution is 5.77. The first-order chi connectivity index (χ1) is 13.0. The van der Waals surface area contributed by atoms with Crippen molar-refractivity contribution < 1.29 is 13.6 Å². The molecule has 1 aliphatic rings. The van der Waals surface area contributed by atoms with Crippen molar-refractivity contribution in [3.63, 3.8) is 0 Å². The van der Waals surface area contributed by atoms with E-state index in [2.05, 4.69) is 12.1 Å². The second-order valence-corrected chi connectivity index (χ2v) is 7.34. The molecule has 2 aromatic carbocycles.